The summed E-state index contributed by atoms with van der Waals surface area (Å²) in [7, 11) is 1.47. The van der Waals surface area contributed by atoms with Gasteiger partial charge in [0.25, 0.3) is 5.91 Å². The average molecular weight is 402 g/mol. The molecule has 7 nitrogen and oxygen atoms in total. The maximum Gasteiger partial charge on any atom is 0.255 e. The number of hydrogen-bond donors (Lipinski definition) is 2. The molecule has 1 heterocycles. The molecule has 0 aromatic heterocycles. The molecule has 8 heteroatoms. The van der Waals surface area contributed by atoms with E-state index in [4.69, 9.17) is 19.9 Å². The monoisotopic (exact) mass is 402 g/mol. The van der Waals surface area contributed by atoms with Crippen molar-refractivity contribution in [3.63, 3.8) is 0 Å². The molecule has 154 valence electrons. The Hall–Kier alpha value is -3.13. The third kappa shape index (κ3) is 4.65. The third-order valence-electron chi connectivity index (χ3n) is 4.97. The summed E-state index contributed by atoms with van der Waals surface area (Å²) in [6, 6.07) is 10.8. The van der Waals surface area contributed by atoms with Crippen LogP contribution in [-0.4, -0.2) is 38.7 Å². The lowest BCUT2D eigenvalue weighted by Gasteiger charge is -2.36. The smallest absolute Gasteiger partial charge is 0.255 e. The van der Waals surface area contributed by atoms with Crippen LogP contribution >= 0.6 is 0 Å². The van der Waals surface area contributed by atoms with Crippen molar-refractivity contribution in [1.82, 2.24) is 0 Å². The fourth-order valence-corrected chi connectivity index (χ4v) is 3.40. The zero-order valence-corrected chi connectivity index (χ0v) is 16.1. The van der Waals surface area contributed by atoms with E-state index in [0.29, 0.717) is 37.5 Å². The van der Waals surface area contributed by atoms with Crippen molar-refractivity contribution in [2.45, 2.75) is 18.3 Å². The molecule has 0 bridgehead atoms. The predicted molar refractivity (Wildman–Crippen MR) is 104 cm³/mol. The summed E-state index contributed by atoms with van der Waals surface area (Å²) in [6.45, 7) is 0.547. The highest BCUT2D eigenvalue weighted by atomic mass is 19.1. The van der Waals surface area contributed by atoms with Gasteiger partial charge >= 0.3 is 0 Å². The molecule has 1 fully saturated rings. The Labute approximate surface area is 167 Å². The Kier molecular flexibility index (Phi) is 6.33. The summed E-state index contributed by atoms with van der Waals surface area (Å²) in [4.78, 5) is 24.3. The number of halogens is 1. The average Bonchev–Trinajstić information content (AvgIpc) is 2.73. The molecule has 0 saturated carbocycles. The molecule has 0 atom stereocenters. The van der Waals surface area contributed by atoms with E-state index < -0.39 is 11.3 Å². The Bertz CT molecular complexity index is 879. The van der Waals surface area contributed by atoms with Gasteiger partial charge in [-0.05, 0) is 42.7 Å². The number of hydrogen-bond acceptors (Lipinski definition) is 5. The molecule has 29 heavy (non-hydrogen) atoms. The van der Waals surface area contributed by atoms with Gasteiger partial charge in [0.15, 0.2) is 18.1 Å². The standard InChI is InChI=1S/C21H23FN2O5/c1-27-17-7-6-16(12-18(17)29-13-19(23)25)24-20(26)21(8-10-28-11-9-21)14-2-4-15(22)5-3-14/h2-7,12H,8-11,13H2,1H3,(H2,23,25)(H,24,26). The summed E-state index contributed by atoms with van der Waals surface area (Å²) in [5, 5.41) is 2.90. The molecule has 0 spiro atoms. The number of carbonyl (C=O) groups is 2. The highest BCUT2D eigenvalue weighted by Gasteiger charge is 2.41. The molecule has 3 rings (SSSR count). The van der Waals surface area contributed by atoms with Crippen LogP contribution in [0.15, 0.2) is 42.5 Å². The van der Waals surface area contributed by atoms with E-state index >= 15 is 0 Å². The third-order valence-corrected chi connectivity index (χ3v) is 4.97. The second-order valence-corrected chi connectivity index (χ2v) is 6.78. The zero-order valence-electron chi connectivity index (χ0n) is 16.1. The second-order valence-electron chi connectivity index (χ2n) is 6.78. The highest BCUT2D eigenvalue weighted by Crippen LogP contribution is 2.37. The highest BCUT2D eigenvalue weighted by molar-refractivity contribution is 5.99. The van der Waals surface area contributed by atoms with Crippen molar-refractivity contribution >= 4 is 17.5 Å². The lowest BCUT2D eigenvalue weighted by atomic mass is 9.73. The largest absolute Gasteiger partial charge is 0.493 e. The van der Waals surface area contributed by atoms with Crippen LogP contribution in [0.4, 0.5) is 10.1 Å². The van der Waals surface area contributed by atoms with Gasteiger partial charge in [-0.3, -0.25) is 9.59 Å². The van der Waals surface area contributed by atoms with E-state index in [1.807, 2.05) is 0 Å². The molecule has 1 aliphatic heterocycles. The first kappa shape index (κ1) is 20.6. The van der Waals surface area contributed by atoms with Gasteiger partial charge in [0.1, 0.15) is 5.82 Å². The van der Waals surface area contributed by atoms with Crippen LogP contribution in [-0.2, 0) is 19.7 Å². The van der Waals surface area contributed by atoms with E-state index in [0.717, 1.165) is 5.56 Å². The molecule has 3 N–H and O–H groups in total. The Morgan fingerprint density at radius 3 is 2.45 bits per heavy atom. The van der Waals surface area contributed by atoms with Crippen LogP contribution in [0.1, 0.15) is 18.4 Å². The molecule has 2 aromatic carbocycles. The second kappa shape index (κ2) is 8.91. The van der Waals surface area contributed by atoms with E-state index in [2.05, 4.69) is 5.32 Å². The normalized spacial score (nSPS) is 15.4. The molecule has 1 saturated heterocycles. The van der Waals surface area contributed by atoms with Crippen LogP contribution in [0.5, 0.6) is 11.5 Å². The number of benzene rings is 2. The van der Waals surface area contributed by atoms with Gasteiger partial charge in [0.2, 0.25) is 5.91 Å². The van der Waals surface area contributed by atoms with Crippen molar-refractivity contribution < 1.29 is 28.2 Å². The maximum absolute atomic E-state index is 13.4. The molecule has 2 aromatic rings. The first-order chi connectivity index (χ1) is 13.9. The van der Waals surface area contributed by atoms with Gasteiger partial charge in [0.05, 0.1) is 12.5 Å². The first-order valence-electron chi connectivity index (χ1n) is 9.19. The number of methoxy groups -OCH3 is 1. The predicted octanol–water partition coefficient (Wildman–Crippen LogP) is 2.39. The van der Waals surface area contributed by atoms with Gasteiger partial charge in [-0.15, -0.1) is 0 Å². The summed E-state index contributed by atoms with van der Waals surface area (Å²) in [5.41, 5.74) is 5.50. The SMILES string of the molecule is COc1ccc(NC(=O)C2(c3ccc(F)cc3)CCOCC2)cc1OCC(N)=O. The molecular weight excluding hydrogens is 379 g/mol. The van der Waals surface area contributed by atoms with Crippen molar-refractivity contribution in [1.29, 1.82) is 0 Å². The number of carbonyl (C=O) groups excluding carboxylic acids is 2. The molecule has 2 amide bonds. The minimum absolute atomic E-state index is 0.224. The van der Waals surface area contributed by atoms with Crippen LogP contribution in [0.2, 0.25) is 0 Å². The quantitative estimate of drug-likeness (QED) is 0.741. The summed E-state index contributed by atoms with van der Waals surface area (Å²) < 4.78 is 29.4. The molecule has 0 unspecified atom stereocenters. The Morgan fingerprint density at radius 1 is 1.14 bits per heavy atom. The van der Waals surface area contributed by atoms with Gasteiger partial charge < -0.3 is 25.3 Å². The Balaban J connectivity index is 1.87. The number of amides is 2. The summed E-state index contributed by atoms with van der Waals surface area (Å²) in [6.07, 6.45) is 0.956. The maximum atomic E-state index is 13.4. The summed E-state index contributed by atoms with van der Waals surface area (Å²) >= 11 is 0. The number of primary amides is 1. The molecule has 0 radical (unpaired) electrons. The van der Waals surface area contributed by atoms with Gasteiger partial charge in [-0.25, -0.2) is 4.39 Å². The number of anilines is 1. The number of rotatable bonds is 7. The first-order valence-corrected chi connectivity index (χ1v) is 9.19. The topological polar surface area (TPSA) is 99.9 Å². The van der Waals surface area contributed by atoms with Crippen LogP contribution in [0, 0.1) is 5.82 Å². The minimum atomic E-state index is -0.833. The fourth-order valence-electron chi connectivity index (χ4n) is 3.40. The number of nitrogens with two attached hydrogens (primary N) is 1. The van der Waals surface area contributed by atoms with Crippen LogP contribution in [0.3, 0.4) is 0 Å². The van der Waals surface area contributed by atoms with E-state index in [-0.39, 0.29) is 24.1 Å². The van der Waals surface area contributed by atoms with Crippen molar-refractivity contribution in [3.8, 4) is 11.5 Å². The van der Waals surface area contributed by atoms with Gasteiger partial charge in [-0.2, -0.15) is 0 Å². The van der Waals surface area contributed by atoms with Gasteiger partial charge in [-0.1, -0.05) is 12.1 Å². The van der Waals surface area contributed by atoms with Crippen LogP contribution in [0.25, 0.3) is 0 Å². The molecular formula is C21H23FN2O5. The summed E-state index contributed by atoms with van der Waals surface area (Å²) in [5.74, 6) is -0.518. The number of nitrogens with one attached hydrogen (secondary N) is 1. The lowest BCUT2D eigenvalue weighted by Crippen LogP contribution is -2.44. The van der Waals surface area contributed by atoms with E-state index in [9.17, 15) is 14.0 Å². The van der Waals surface area contributed by atoms with Crippen molar-refractivity contribution in [2.24, 2.45) is 5.73 Å². The van der Waals surface area contributed by atoms with Gasteiger partial charge in [0, 0.05) is 25.0 Å². The van der Waals surface area contributed by atoms with E-state index in [1.54, 1.807) is 30.3 Å². The molecule has 1 aliphatic rings. The van der Waals surface area contributed by atoms with Crippen LogP contribution < -0.4 is 20.5 Å². The zero-order chi connectivity index (χ0) is 20.9. The Morgan fingerprint density at radius 2 is 1.83 bits per heavy atom. The number of ether oxygens (including phenoxy) is 3. The molecule has 0 aliphatic carbocycles. The van der Waals surface area contributed by atoms with Crippen molar-refractivity contribution in [3.05, 3.63) is 53.8 Å². The van der Waals surface area contributed by atoms with E-state index in [1.165, 1.54) is 19.2 Å². The fraction of sp³-hybridized carbons (Fsp3) is 0.333. The van der Waals surface area contributed by atoms with Crippen molar-refractivity contribution in [2.75, 3.05) is 32.2 Å². The minimum Gasteiger partial charge on any atom is -0.493 e. The lowest BCUT2D eigenvalue weighted by molar-refractivity contribution is -0.125.